The fourth-order valence-corrected chi connectivity index (χ4v) is 0. The molecular weight excluding hydrogens is 130 g/mol. The van der Waals surface area contributed by atoms with Gasteiger partial charge < -0.3 is 6.58 Å². The van der Waals surface area contributed by atoms with Crippen molar-refractivity contribution >= 4 is 10.2 Å². The summed E-state index contributed by atoms with van der Waals surface area (Å²) >= 11 is 3.35. The third kappa shape index (κ3) is 105. The Morgan fingerprint density at radius 2 is 1.80 bits per heavy atom. The van der Waals surface area contributed by atoms with Crippen molar-refractivity contribution in [2.24, 2.45) is 0 Å². The molecule has 0 saturated carbocycles. The third-order valence-corrected chi connectivity index (χ3v) is 0. The van der Waals surface area contributed by atoms with E-state index in [1.807, 2.05) is 0 Å². The van der Waals surface area contributed by atoms with E-state index in [2.05, 4.69) is 24.8 Å². The normalized spacial score (nSPS) is 4.00. The molecule has 0 unspecified atom stereocenters. The van der Waals surface area contributed by atoms with Crippen LogP contribution in [0.4, 0.5) is 0 Å². The van der Waals surface area contributed by atoms with Gasteiger partial charge in [0.05, 0.1) is 0 Å². The fourth-order valence-electron chi connectivity index (χ4n) is 0. The van der Waals surface area contributed by atoms with E-state index in [0.717, 1.165) is 0 Å². The average Bonchev–Trinajstić information content (AvgIpc) is 1.46. The number of hydrogen-bond donors (Lipinski definition) is 0. The first-order valence-electron chi connectivity index (χ1n) is 1.03. The molecule has 5 heavy (non-hydrogen) atoms. The van der Waals surface area contributed by atoms with Gasteiger partial charge in [0.2, 0.25) is 0 Å². The standard InChI is InChI=1S/C3H5.ClH.Ni/c1-3-2;;/h1,3H,2H3;1H;/q-1;;+1/p-1. The molecule has 0 atom stereocenters. The van der Waals surface area contributed by atoms with Crippen LogP contribution in [0.25, 0.3) is 0 Å². The van der Waals surface area contributed by atoms with Gasteiger partial charge in [0.25, 0.3) is 0 Å². The number of hydrogen-bond acceptors (Lipinski definition) is 0. The number of halogens is 1. The first-order chi connectivity index (χ1) is 2.41. The van der Waals surface area contributed by atoms with Crippen molar-refractivity contribution in [3.05, 3.63) is 12.7 Å². The first kappa shape index (κ1) is 9.10. The Morgan fingerprint density at radius 3 is 1.80 bits per heavy atom. The summed E-state index contributed by atoms with van der Waals surface area (Å²) in [5.41, 5.74) is 0. The minimum absolute atomic E-state index is 1.50. The van der Waals surface area contributed by atoms with Gasteiger partial charge in [0.1, 0.15) is 0 Å². The van der Waals surface area contributed by atoms with Crippen molar-refractivity contribution in [1.29, 1.82) is 0 Å². The molecular formula is C3H5ClNi-. The van der Waals surface area contributed by atoms with Crippen LogP contribution in [-0.4, -0.2) is 0 Å². The Hall–Kier alpha value is 0.524. The zero-order chi connectivity index (χ0) is 4.71. The van der Waals surface area contributed by atoms with Crippen LogP contribution in [0.1, 0.15) is 6.92 Å². The summed E-state index contributed by atoms with van der Waals surface area (Å²) in [5, 5.41) is 0. The zero-order valence-electron chi connectivity index (χ0n) is 2.85. The van der Waals surface area contributed by atoms with Gasteiger partial charge in [-0.2, -0.15) is 0 Å². The van der Waals surface area contributed by atoms with E-state index in [9.17, 15) is 0 Å². The molecule has 0 rings (SSSR count). The summed E-state index contributed by atoms with van der Waals surface area (Å²) in [7, 11) is 4.26. The van der Waals surface area contributed by atoms with Crippen LogP contribution in [0.5, 0.6) is 0 Å². The topological polar surface area (TPSA) is 0 Å². The van der Waals surface area contributed by atoms with Crippen LogP contribution < -0.4 is 0 Å². The molecule has 0 fully saturated rings. The molecule has 0 nitrogen and oxygen atoms in total. The van der Waals surface area contributed by atoms with Crippen molar-refractivity contribution < 1.29 is 14.6 Å². The molecule has 35 valence electrons. The molecule has 2 heteroatoms. The first-order valence-corrected chi connectivity index (χ1v) is 2.39. The quantitative estimate of drug-likeness (QED) is 0.350. The molecule has 0 spiro atoms. The zero-order valence-corrected chi connectivity index (χ0v) is 4.59. The molecule has 0 radical (unpaired) electrons. The molecule has 0 aliphatic carbocycles. The van der Waals surface area contributed by atoms with Crippen LogP contribution in [0, 0.1) is 6.58 Å². The summed E-state index contributed by atoms with van der Waals surface area (Å²) in [6.45, 7) is 6.50. The van der Waals surface area contributed by atoms with Crippen molar-refractivity contribution in [2.75, 3.05) is 0 Å². The maximum absolute atomic E-state index is 4.72. The van der Waals surface area contributed by atoms with Gasteiger partial charge in [0, 0.05) is 0 Å². The van der Waals surface area contributed by atoms with E-state index >= 15 is 0 Å². The molecule has 0 aliphatic heterocycles. The van der Waals surface area contributed by atoms with Crippen LogP contribution >= 0.6 is 10.2 Å². The Bertz CT molecular complexity index is 14.4. The molecule has 0 aromatic carbocycles. The predicted octanol–water partition coefficient (Wildman–Crippen LogP) is 1.68. The SMILES string of the molecule is [CH-]=CC.[Cl][Ni]. The van der Waals surface area contributed by atoms with E-state index < -0.39 is 0 Å². The summed E-state index contributed by atoms with van der Waals surface area (Å²) in [6, 6.07) is 0. The Labute approximate surface area is 44.8 Å². The third-order valence-electron chi connectivity index (χ3n) is 0. The van der Waals surface area contributed by atoms with E-state index in [0.29, 0.717) is 0 Å². The number of allylic oxidation sites excluding steroid dienone is 1. The van der Waals surface area contributed by atoms with Crippen molar-refractivity contribution in [3.8, 4) is 0 Å². The van der Waals surface area contributed by atoms with Crippen LogP contribution in [0.2, 0.25) is 0 Å². The van der Waals surface area contributed by atoms with E-state index in [4.69, 9.17) is 6.58 Å². The molecule has 0 heterocycles. The minimum atomic E-state index is 1.50. The second-order valence-corrected chi connectivity index (χ2v) is 0.333. The van der Waals surface area contributed by atoms with Crippen molar-refractivity contribution in [2.45, 2.75) is 6.92 Å². The monoisotopic (exact) mass is 134 g/mol. The van der Waals surface area contributed by atoms with E-state index in [-0.39, 0.29) is 0 Å². The molecule has 0 aliphatic rings. The van der Waals surface area contributed by atoms with E-state index in [1.165, 1.54) is 6.08 Å². The summed E-state index contributed by atoms with van der Waals surface area (Å²) in [6.07, 6.45) is 1.50. The predicted molar refractivity (Wildman–Crippen MR) is 20.4 cm³/mol. The van der Waals surface area contributed by atoms with Crippen molar-refractivity contribution in [3.63, 3.8) is 0 Å². The molecule has 0 bridgehead atoms. The van der Waals surface area contributed by atoms with Gasteiger partial charge in [-0.3, -0.25) is 6.08 Å². The van der Waals surface area contributed by atoms with Gasteiger partial charge in [-0.25, -0.2) is 0 Å². The summed E-state index contributed by atoms with van der Waals surface area (Å²) in [4.78, 5) is 0. The molecule has 0 N–H and O–H groups in total. The Kier molecular flexibility index (Phi) is 44.1. The van der Waals surface area contributed by atoms with Gasteiger partial charge in [-0.1, -0.05) is 6.92 Å². The van der Waals surface area contributed by atoms with Gasteiger partial charge >= 0.3 is 24.8 Å². The Balaban J connectivity index is 0. The molecule has 0 aromatic heterocycles. The van der Waals surface area contributed by atoms with Crippen LogP contribution in [0.3, 0.4) is 0 Å². The van der Waals surface area contributed by atoms with E-state index in [1.54, 1.807) is 6.92 Å². The molecule has 0 aromatic rings. The second-order valence-electron chi connectivity index (χ2n) is 0.333. The average molecular weight is 135 g/mol. The number of rotatable bonds is 0. The summed E-state index contributed by atoms with van der Waals surface area (Å²) < 4.78 is 0. The van der Waals surface area contributed by atoms with Crippen molar-refractivity contribution in [1.82, 2.24) is 0 Å². The second kappa shape index (κ2) is 24.2. The van der Waals surface area contributed by atoms with Crippen LogP contribution in [-0.2, 0) is 14.6 Å². The van der Waals surface area contributed by atoms with Crippen LogP contribution in [0.15, 0.2) is 6.08 Å². The molecule has 0 saturated heterocycles. The van der Waals surface area contributed by atoms with Gasteiger partial charge in [0.15, 0.2) is 0 Å². The summed E-state index contributed by atoms with van der Waals surface area (Å²) in [5.74, 6) is 0. The van der Waals surface area contributed by atoms with Gasteiger partial charge in [-0.05, 0) is 0 Å². The Morgan fingerprint density at radius 1 is 1.80 bits per heavy atom. The fraction of sp³-hybridized carbons (Fsp3) is 0.333. The molecule has 0 amide bonds. The van der Waals surface area contributed by atoms with Gasteiger partial charge in [-0.15, -0.1) is 0 Å². The maximum atomic E-state index is 4.72.